The van der Waals surface area contributed by atoms with Crippen LogP contribution < -0.4 is 4.74 Å². The van der Waals surface area contributed by atoms with Crippen LogP contribution in [0, 0.1) is 10.1 Å². The van der Waals surface area contributed by atoms with E-state index in [0.29, 0.717) is 17.1 Å². The van der Waals surface area contributed by atoms with Gasteiger partial charge in [-0.05, 0) is 24.8 Å². The fraction of sp³-hybridized carbons (Fsp3) is 0.308. The molecule has 1 N–H and O–H groups in total. The Morgan fingerprint density at radius 3 is 2.79 bits per heavy atom. The van der Waals surface area contributed by atoms with Crippen molar-refractivity contribution in [2.24, 2.45) is 0 Å². The number of phenols is 1. The van der Waals surface area contributed by atoms with Crippen molar-refractivity contribution in [1.29, 1.82) is 0 Å². The van der Waals surface area contributed by atoms with Gasteiger partial charge in [0.2, 0.25) is 5.75 Å². The highest BCUT2D eigenvalue weighted by atomic mass is 16.6. The number of fused-ring (bicyclic) bond motifs is 1. The van der Waals surface area contributed by atoms with Crippen molar-refractivity contribution >= 4 is 16.6 Å². The van der Waals surface area contributed by atoms with Gasteiger partial charge in [-0.15, -0.1) is 0 Å². The van der Waals surface area contributed by atoms with Gasteiger partial charge in [0.05, 0.1) is 12.0 Å². The molecule has 2 aromatic rings. The van der Waals surface area contributed by atoms with Crippen molar-refractivity contribution in [1.82, 2.24) is 4.98 Å². The van der Waals surface area contributed by atoms with E-state index in [0.717, 1.165) is 18.4 Å². The molecule has 6 heteroatoms. The van der Waals surface area contributed by atoms with E-state index < -0.39 is 10.7 Å². The molecule has 6 nitrogen and oxygen atoms in total. The Morgan fingerprint density at radius 1 is 1.47 bits per heavy atom. The Bertz CT molecular complexity index is 680. The molecule has 0 atom stereocenters. The van der Waals surface area contributed by atoms with Crippen LogP contribution in [-0.4, -0.2) is 22.1 Å². The van der Waals surface area contributed by atoms with E-state index in [-0.39, 0.29) is 11.2 Å². The normalized spacial score (nSPS) is 14.6. The van der Waals surface area contributed by atoms with Gasteiger partial charge in [0, 0.05) is 23.2 Å². The lowest BCUT2D eigenvalue weighted by molar-refractivity contribution is -0.385. The zero-order valence-corrected chi connectivity index (χ0v) is 10.3. The number of methoxy groups -OCH3 is 1. The summed E-state index contributed by atoms with van der Waals surface area (Å²) in [6.45, 7) is 0. The monoisotopic (exact) mass is 260 g/mol. The third kappa shape index (κ3) is 1.76. The molecule has 1 heterocycles. The van der Waals surface area contributed by atoms with E-state index in [2.05, 4.69) is 4.98 Å². The maximum absolute atomic E-state index is 10.8. The minimum atomic E-state index is -0.627. The van der Waals surface area contributed by atoms with Gasteiger partial charge in [-0.1, -0.05) is 0 Å². The Hall–Kier alpha value is -2.37. The summed E-state index contributed by atoms with van der Waals surface area (Å²) in [4.78, 5) is 14.3. The molecule has 1 fully saturated rings. The topological polar surface area (TPSA) is 85.5 Å². The molecular formula is C13H12N2O4. The minimum absolute atomic E-state index is 0.204. The highest BCUT2D eigenvalue weighted by Crippen LogP contribution is 2.47. The molecule has 1 aliphatic carbocycles. The van der Waals surface area contributed by atoms with Crippen LogP contribution in [0.1, 0.15) is 24.3 Å². The third-order valence-corrected chi connectivity index (χ3v) is 3.39. The molecule has 0 radical (unpaired) electrons. The number of aromatic nitrogens is 1. The molecule has 98 valence electrons. The summed E-state index contributed by atoms with van der Waals surface area (Å²) in [6.07, 6.45) is 3.84. The molecule has 3 rings (SSSR count). The van der Waals surface area contributed by atoms with E-state index in [1.54, 1.807) is 19.4 Å². The van der Waals surface area contributed by atoms with Crippen molar-refractivity contribution in [2.75, 3.05) is 7.11 Å². The molecule has 1 aliphatic rings. The molecule has 0 amide bonds. The molecule has 0 spiro atoms. The lowest BCUT2D eigenvalue weighted by Gasteiger charge is -2.11. The van der Waals surface area contributed by atoms with Crippen molar-refractivity contribution in [3.05, 3.63) is 34.0 Å². The number of nitro groups is 1. The lowest BCUT2D eigenvalue weighted by Crippen LogP contribution is -1.96. The Balaban J connectivity index is 2.29. The van der Waals surface area contributed by atoms with Gasteiger partial charge >= 0.3 is 5.69 Å². The van der Waals surface area contributed by atoms with Gasteiger partial charge in [-0.25, -0.2) is 0 Å². The summed E-state index contributed by atoms with van der Waals surface area (Å²) < 4.78 is 5.39. The Kier molecular flexibility index (Phi) is 2.51. The number of aromatic hydroxyl groups is 1. The zero-order chi connectivity index (χ0) is 13.6. The number of rotatable bonds is 3. The van der Waals surface area contributed by atoms with Gasteiger partial charge in [-0.2, -0.15) is 0 Å². The first-order chi connectivity index (χ1) is 9.13. The van der Waals surface area contributed by atoms with Crippen LogP contribution in [0.15, 0.2) is 18.3 Å². The molecule has 1 aromatic carbocycles. The number of nitrogens with zero attached hydrogens (tertiary/aromatic N) is 2. The van der Waals surface area contributed by atoms with Crippen molar-refractivity contribution < 1.29 is 14.8 Å². The summed E-state index contributed by atoms with van der Waals surface area (Å²) >= 11 is 0. The van der Waals surface area contributed by atoms with Gasteiger partial charge < -0.3 is 9.84 Å². The maximum atomic E-state index is 10.8. The van der Waals surface area contributed by atoms with Gasteiger partial charge in [-0.3, -0.25) is 15.1 Å². The number of pyridine rings is 1. The molecule has 0 saturated heterocycles. The Labute approximate surface area is 108 Å². The van der Waals surface area contributed by atoms with Crippen molar-refractivity contribution in [3.8, 4) is 11.5 Å². The number of ether oxygens (including phenoxy) is 1. The van der Waals surface area contributed by atoms with Crippen LogP contribution in [0.2, 0.25) is 0 Å². The van der Waals surface area contributed by atoms with Gasteiger partial charge in [0.15, 0.2) is 0 Å². The van der Waals surface area contributed by atoms with Crippen LogP contribution in [0.5, 0.6) is 11.5 Å². The molecule has 0 aliphatic heterocycles. The molecule has 1 saturated carbocycles. The smallest absolute Gasteiger partial charge is 0.313 e. The quantitative estimate of drug-likeness (QED) is 0.677. The average molecular weight is 260 g/mol. The molecular weight excluding hydrogens is 248 g/mol. The van der Waals surface area contributed by atoms with Crippen molar-refractivity contribution in [3.63, 3.8) is 0 Å². The first kappa shape index (κ1) is 11.7. The van der Waals surface area contributed by atoms with Crippen molar-refractivity contribution in [2.45, 2.75) is 18.8 Å². The number of hydrogen-bond donors (Lipinski definition) is 1. The highest BCUT2D eigenvalue weighted by Gasteiger charge is 2.29. The number of phenolic OH excluding ortho intramolecular Hbond substituents is 1. The van der Waals surface area contributed by atoms with E-state index in [4.69, 9.17) is 4.74 Å². The summed E-state index contributed by atoms with van der Waals surface area (Å²) in [7, 11) is 1.55. The van der Waals surface area contributed by atoms with Crippen LogP contribution in [0.4, 0.5) is 5.69 Å². The summed E-state index contributed by atoms with van der Waals surface area (Å²) in [5, 5.41) is 21.3. The van der Waals surface area contributed by atoms with Gasteiger partial charge in [0.25, 0.3) is 0 Å². The zero-order valence-electron chi connectivity index (χ0n) is 10.3. The average Bonchev–Trinajstić information content (AvgIpc) is 3.21. The number of hydrogen-bond acceptors (Lipinski definition) is 5. The Morgan fingerprint density at radius 2 is 2.21 bits per heavy atom. The van der Waals surface area contributed by atoms with Crippen LogP contribution in [-0.2, 0) is 0 Å². The third-order valence-electron chi connectivity index (χ3n) is 3.39. The predicted molar refractivity (Wildman–Crippen MR) is 68.6 cm³/mol. The molecule has 19 heavy (non-hydrogen) atoms. The first-order valence-corrected chi connectivity index (χ1v) is 5.96. The van der Waals surface area contributed by atoms with Crippen LogP contribution in [0.3, 0.4) is 0 Å². The first-order valence-electron chi connectivity index (χ1n) is 5.96. The SMILES string of the molecule is COc1c(C2CC2)cnc2c(O)c([N+](=O)[O-])ccc12. The maximum Gasteiger partial charge on any atom is 0.313 e. The van der Waals surface area contributed by atoms with Gasteiger partial charge in [0.1, 0.15) is 11.3 Å². The summed E-state index contributed by atoms with van der Waals surface area (Å²) in [6, 6.07) is 2.85. The highest BCUT2D eigenvalue weighted by molar-refractivity contribution is 5.93. The minimum Gasteiger partial charge on any atom is -0.501 e. The largest absolute Gasteiger partial charge is 0.501 e. The predicted octanol–water partition coefficient (Wildman–Crippen LogP) is 2.73. The summed E-state index contributed by atoms with van der Waals surface area (Å²) in [5.41, 5.74) is 0.861. The van der Waals surface area contributed by atoms with Crippen LogP contribution >= 0.6 is 0 Å². The number of benzene rings is 1. The van der Waals surface area contributed by atoms with Crippen LogP contribution in [0.25, 0.3) is 10.9 Å². The van der Waals surface area contributed by atoms with E-state index in [1.807, 2.05) is 0 Å². The molecule has 1 aromatic heterocycles. The van der Waals surface area contributed by atoms with E-state index in [1.165, 1.54) is 6.07 Å². The molecule has 0 unspecified atom stereocenters. The standard InChI is InChI=1S/C13H12N2O4/c1-19-13-8-4-5-10(15(17)18)12(16)11(8)14-6-9(13)7-2-3-7/h4-7,16H,2-3H2,1H3. The second-order valence-electron chi connectivity index (χ2n) is 4.61. The second-order valence-corrected chi connectivity index (χ2v) is 4.61. The summed E-state index contributed by atoms with van der Waals surface area (Å²) in [5.74, 6) is 0.685. The molecule has 0 bridgehead atoms. The fourth-order valence-corrected chi connectivity index (χ4v) is 2.29. The van der Waals surface area contributed by atoms with E-state index in [9.17, 15) is 15.2 Å². The lowest BCUT2D eigenvalue weighted by atomic mass is 10.1. The van der Waals surface area contributed by atoms with E-state index >= 15 is 0 Å². The second kappa shape index (κ2) is 4.08. The number of nitro benzene ring substituents is 1. The fourth-order valence-electron chi connectivity index (χ4n) is 2.29.